The standard InChI is InChI=1S/C21H23N7O3S/c1-11-14(12(2)28-20(23-11)26-19(22)27-28)6-8-18(29)25-21-24-15(10-32-21)13-5-7-16(30-3)17(9-13)31-4/h5,7,9-10H,6,8H2,1-4H3,(H2,22,27)(H,24,25,29). The summed E-state index contributed by atoms with van der Waals surface area (Å²) < 4.78 is 12.2. The highest BCUT2D eigenvalue weighted by molar-refractivity contribution is 7.14. The first-order valence-corrected chi connectivity index (χ1v) is 10.7. The van der Waals surface area contributed by atoms with Crippen molar-refractivity contribution in [3.63, 3.8) is 0 Å². The highest BCUT2D eigenvalue weighted by Gasteiger charge is 2.15. The minimum absolute atomic E-state index is 0.129. The number of anilines is 2. The Bertz CT molecular complexity index is 1300. The fraction of sp³-hybridized carbons (Fsp3) is 0.286. The number of benzene rings is 1. The van der Waals surface area contributed by atoms with Crippen LogP contribution in [-0.2, 0) is 11.2 Å². The van der Waals surface area contributed by atoms with E-state index in [-0.39, 0.29) is 18.3 Å². The van der Waals surface area contributed by atoms with Crippen LogP contribution in [0, 0.1) is 13.8 Å². The molecular formula is C21H23N7O3S. The van der Waals surface area contributed by atoms with Crippen molar-refractivity contribution in [2.45, 2.75) is 26.7 Å². The molecule has 32 heavy (non-hydrogen) atoms. The Morgan fingerprint density at radius 3 is 2.69 bits per heavy atom. The number of amides is 1. The second kappa shape index (κ2) is 8.79. The average molecular weight is 454 g/mol. The summed E-state index contributed by atoms with van der Waals surface area (Å²) in [5, 5.41) is 9.45. The number of ether oxygens (including phenoxy) is 2. The van der Waals surface area contributed by atoms with Gasteiger partial charge in [0.05, 0.1) is 19.9 Å². The van der Waals surface area contributed by atoms with Gasteiger partial charge in [-0.05, 0) is 44.0 Å². The molecule has 0 aliphatic rings. The van der Waals surface area contributed by atoms with Gasteiger partial charge in [-0.15, -0.1) is 16.4 Å². The third-order valence-electron chi connectivity index (χ3n) is 5.10. The molecule has 3 aromatic heterocycles. The number of rotatable bonds is 7. The summed E-state index contributed by atoms with van der Waals surface area (Å²) in [5.41, 5.74) is 9.92. The lowest BCUT2D eigenvalue weighted by atomic mass is 10.1. The normalized spacial score (nSPS) is 11.0. The van der Waals surface area contributed by atoms with Crippen LogP contribution in [0.5, 0.6) is 11.5 Å². The number of aryl methyl sites for hydroxylation is 2. The molecule has 3 N–H and O–H groups in total. The second-order valence-electron chi connectivity index (χ2n) is 7.10. The number of nitrogens with two attached hydrogens (primary N) is 1. The van der Waals surface area contributed by atoms with Gasteiger partial charge in [0.1, 0.15) is 0 Å². The summed E-state index contributed by atoms with van der Waals surface area (Å²) in [6.45, 7) is 3.81. The minimum atomic E-state index is -0.129. The van der Waals surface area contributed by atoms with Crippen LogP contribution in [0.2, 0.25) is 0 Å². The lowest BCUT2D eigenvalue weighted by Crippen LogP contribution is -2.14. The maximum Gasteiger partial charge on any atom is 0.254 e. The number of nitrogens with zero attached hydrogens (tertiary/aromatic N) is 5. The summed E-state index contributed by atoms with van der Waals surface area (Å²) in [6, 6.07) is 5.57. The second-order valence-corrected chi connectivity index (χ2v) is 7.96. The van der Waals surface area contributed by atoms with Gasteiger partial charge in [-0.1, -0.05) is 0 Å². The number of hydrogen-bond donors (Lipinski definition) is 2. The molecule has 4 rings (SSSR count). The van der Waals surface area contributed by atoms with Gasteiger partial charge in [-0.2, -0.15) is 9.50 Å². The first-order valence-electron chi connectivity index (χ1n) is 9.85. The van der Waals surface area contributed by atoms with Gasteiger partial charge in [0.25, 0.3) is 5.78 Å². The summed E-state index contributed by atoms with van der Waals surface area (Å²) in [6.07, 6.45) is 0.796. The van der Waals surface area contributed by atoms with Crippen molar-refractivity contribution in [2.75, 3.05) is 25.3 Å². The van der Waals surface area contributed by atoms with Crippen molar-refractivity contribution >= 4 is 34.1 Å². The van der Waals surface area contributed by atoms with E-state index in [0.717, 1.165) is 28.2 Å². The number of nitrogens with one attached hydrogen (secondary N) is 1. The van der Waals surface area contributed by atoms with Crippen LogP contribution in [0.4, 0.5) is 11.1 Å². The molecule has 0 saturated carbocycles. The highest BCUT2D eigenvalue weighted by atomic mass is 32.1. The number of hydrogen-bond acceptors (Lipinski definition) is 9. The van der Waals surface area contributed by atoms with Gasteiger partial charge in [-0.3, -0.25) is 4.79 Å². The molecule has 10 nitrogen and oxygen atoms in total. The van der Waals surface area contributed by atoms with E-state index >= 15 is 0 Å². The van der Waals surface area contributed by atoms with Crippen molar-refractivity contribution in [3.8, 4) is 22.8 Å². The van der Waals surface area contributed by atoms with E-state index in [1.807, 2.05) is 37.4 Å². The van der Waals surface area contributed by atoms with E-state index in [1.54, 1.807) is 18.7 Å². The molecule has 0 fully saturated rings. The van der Waals surface area contributed by atoms with E-state index in [0.29, 0.717) is 28.8 Å². The Labute approximate surface area is 188 Å². The molecular weight excluding hydrogens is 430 g/mol. The number of carbonyl (C=O) groups is 1. The van der Waals surface area contributed by atoms with Crippen LogP contribution in [0.1, 0.15) is 23.4 Å². The zero-order valence-corrected chi connectivity index (χ0v) is 19.0. The molecule has 0 unspecified atom stereocenters. The largest absolute Gasteiger partial charge is 0.493 e. The van der Waals surface area contributed by atoms with E-state index in [1.165, 1.54) is 11.3 Å². The lowest BCUT2D eigenvalue weighted by molar-refractivity contribution is -0.116. The predicted octanol–water partition coefficient (Wildman–Crippen LogP) is 3.04. The Morgan fingerprint density at radius 1 is 1.16 bits per heavy atom. The van der Waals surface area contributed by atoms with Crippen molar-refractivity contribution in [2.24, 2.45) is 0 Å². The number of nitrogen functional groups attached to an aromatic ring is 1. The van der Waals surface area contributed by atoms with E-state index < -0.39 is 0 Å². The molecule has 1 aromatic carbocycles. The minimum Gasteiger partial charge on any atom is -0.493 e. The van der Waals surface area contributed by atoms with Crippen LogP contribution in [0.25, 0.3) is 17.0 Å². The smallest absolute Gasteiger partial charge is 0.254 e. The van der Waals surface area contributed by atoms with Gasteiger partial charge in [0.2, 0.25) is 11.9 Å². The monoisotopic (exact) mass is 453 g/mol. The number of aromatic nitrogens is 5. The van der Waals surface area contributed by atoms with Crippen LogP contribution in [0.15, 0.2) is 23.6 Å². The molecule has 1 amide bonds. The van der Waals surface area contributed by atoms with Gasteiger partial charge in [-0.25, -0.2) is 9.97 Å². The molecule has 3 heterocycles. The predicted molar refractivity (Wildman–Crippen MR) is 122 cm³/mol. The Morgan fingerprint density at radius 2 is 1.94 bits per heavy atom. The average Bonchev–Trinajstić information content (AvgIpc) is 3.39. The molecule has 0 aliphatic carbocycles. The first kappa shape index (κ1) is 21.5. The van der Waals surface area contributed by atoms with E-state index in [2.05, 4.69) is 25.4 Å². The SMILES string of the molecule is COc1ccc(-c2csc(NC(=O)CCc3c(C)nc4nc(N)nn4c3C)n2)cc1OC. The Kier molecular flexibility index (Phi) is 5.91. The van der Waals surface area contributed by atoms with Gasteiger partial charge < -0.3 is 20.5 Å². The summed E-state index contributed by atoms with van der Waals surface area (Å²) in [4.78, 5) is 25.6. The lowest BCUT2D eigenvalue weighted by Gasteiger charge is -2.10. The van der Waals surface area contributed by atoms with E-state index in [9.17, 15) is 4.79 Å². The molecule has 0 aliphatic heterocycles. The van der Waals surface area contributed by atoms with Crippen LogP contribution < -0.4 is 20.5 Å². The number of fused-ring (bicyclic) bond motifs is 1. The maximum atomic E-state index is 12.5. The fourth-order valence-corrected chi connectivity index (χ4v) is 4.20. The molecule has 0 spiro atoms. The molecule has 0 bridgehead atoms. The molecule has 11 heteroatoms. The maximum absolute atomic E-state index is 12.5. The summed E-state index contributed by atoms with van der Waals surface area (Å²) in [5.74, 6) is 1.76. The molecule has 4 aromatic rings. The first-order chi connectivity index (χ1) is 15.4. The topological polar surface area (TPSA) is 130 Å². The van der Waals surface area contributed by atoms with Crippen LogP contribution in [-0.4, -0.2) is 44.7 Å². The number of thiazole rings is 1. The van der Waals surface area contributed by atoms with Crippen molar-refractivity contribution < 1.29 is 14.3 Å². The number of carbonyl (C=O) groups excluding carboxylic acids is 1. The fourth-order valence-electron chi connectivity index (χ4n) is 3.47. The van der Waals surface area contributed by atoms with Crippen LogP contribution >= 0.6 is 11.3 Å². The van der Waals surface area contributed by atoms with Gasteiger partial charge >= 0.3 is 0 Å². The Hall–Kier alpha value is -3.73. The molecule has 0 atom stereocenters. The van der Waals surface area contributed by atoms with Crippen molar-refractivity contribution in [3.05, 3.63) is 40.5 Å². The summed E-state index contributed by atoms with van der Waals surface area (Å²) >= 11 is 1.36. The quantitative estimate of drug-likeness (QED) is 0.437. The van der Waals surface area contributed by atoms with Gasteiger partial charge in [0, 0.05) is 28.8 Å². The summed E-state index contributed by atoms with van der Waals surface area (Å²) in [7, 11) is 3.18. The van der Waals surface area contributed by atoms with Crippen LogP contribution in [0.3, 0.4) is 0 Å². The zero-order chi connectivity index (χ0) is 22.8. The zero-order valence-electron chi connectivity index (χ0n) is 18.2. The van der Waals surface area contributed by atoms with Gasteiger partial charge in [0.15, 0.2) is 16.6 Å². The number of methoxy groups -OCH3 is 2. The molecule has 166 valence electrons. The molecule has 0 saturated heterocycles. The third kappa shape index (κ3) is 4.19. The molecule has 0 radical (unpaired) electrons. The van der Waals surface area contributed by atoms with E-state index in [4.69, 9.17) is 15.2 Å². The van der Waals surface area contributed by atoms with Crippen molar-refractivity contribution in [1.29, 1.82) is 0 Å². The van der Waals surface area contributed by atoms with Crippen molar-refractivity contribution in [1.82, 2.24) is 24.6 Å². The third-order valence-corrected chi connectivity index (χ3v) is 5.85. The Balaban J connectivity index is 1.44. The highest BCUT2D eigenvalue weighted by Crippen LogP contribution is 2.33.